The predicted octanol–water partition coefficient (Wildman–Crippen LogP) is 4.47. The van der Waals surface area contributed by atoms with Gasteiger partial charge in [0, 0.05) is 6.20 Å². The normalized spacial score (nSPS) is 12.3. The standard InChI is InChI=1S/C21H17F3N2O3/c1-13(19(27)26-18-11-16(21(22,23)24)12-25-20(18)28)29-17-9-7-15(8-10-17)14-5-3-2-4-6-14/h2-13H,1H3,(H,25,28)(H,26,27). The number of anilines is 1. The highest BCUT2D eigenvalue weighted by Gasteiger charge is 2.31. The molecular formula is C21H17F3N2O3. The molecule has 0 spiro atoms. The summed E-state index contributed by atoms with van der Waals surface area (Å²) >= 11 is 0. The van der Waals surface area contributed by atoms with Crippen molar-refractivity contribution in [3.63, 3.8) is 0 Å². The van der Waals surface area contributed by atoms with Crippen LogP contribution in [0.5, 0.6) is 5.75 Å². The fourth-order valence-electron chi connectivity index (χ4n) is 2.59. The lowest BCUT2D eigenvalue weighted by molar-refractivity contribution is -0.137. The van der Waals surface area contributed by atoms with Gasteiger partial charge in [-0.15, -0.1) is 0 Å². The van der Waals surface area contributed by atoms with E-state index in [9.17, 15) is 22.8 Å². The summed E-state index contributed by atoms with van der Waals surface area (Å²) in [5.74, 6) is -0.341. The summed E-state index contributed by atoms with van der Waals surface area (Å²) in [6, 6.07) is 17.3. The molecule has 0 aliphatic rings. The Morgan fingerprint density at radius 2 is 1.66 bits per heavy atom. The van der Waals surface area contributed by atoms with Crippen molar-refractivity contribution in [2.45, 2.75) is 19.2 Å². The number of alkyl halides is 3. The van der Waals surface area contributed by atoms with Crippen LogP contribution in [0.15, 0.2) is 71.7 Å². The van der Waals surface area contributed by atoms with Crippen molar-refractivity contribution in [2.75, 3.05) is 5.32 Å². The molecule has 1 heterocycles. The minimum atomic E-state index is -4.65. The number of hydrogen-bond acceptors (Lipinski definition) is 3. The van der Waals surface area contributed by atoms with Crippen LogP contribution in [-0.2, 0) is 11.0 Å². The molecule has 5 nitrogen and oxygen atoms in total. The highest BCUT2D eigenvalue weighted by Crippen LogP contribution is 2.29. The highest BCUT2D eigenvalue weighted by molar-refractivity contribution is 5.94. The fourth-order valence-corrected chi connectivity index (χ4v) is 2.59. The third-order valence-corrected chi connectivity index (χ3v) is 4.13. The van der Waals surface area contributed by atoms with Crippen LogP contribution in [0.1, 0.15) is 12.5 Å². The van der Waals surface area contributed by atoms with Gasteiger partial charge in [0.15, 0.2) is 6.10 Å². The quantitative estimate of drug-likeness (QED) is 0.662. The molecule has 0 bridgehead atoms. The summed E-state index contributed by atoms with van der Waals surface area (Å²) in [7, 11) is 0. The summed E-state index contributed by atoms with van der Waals surface area (Å²) in [5.41, 5.74) is -0.429. The molecule has 1 aromatic heterocycles. The topological polar surface area (TPSA) is 71.2 Å². The number of halogens is 3. The van der Waals surface area contributed by atoms with E-state index in [-0.39, 0.29) is 0 Å². The largest absolute Gasteiger partial charge is 0.481 e. The van der Waals surface area contributed by atoms with Crippen molar-refractivity contribution >= 4 is 11.6 Å². The zero-order chi connectivity index (χ0) is 21.0. The van der Waals surface area contributed by atoms with Crippen molar-refractivity contribution in [1.29, 1.82) is 0 Å². The Balaban J connectivity index is 1.68. The number of H-pyrrole nitrogens is 1. The number of ether oxygens (including phenoxy) is 1. The molecule has 0 aliphatic carbocycles. The molecule has 29 heavy (non-hydrogen) atoms. The van der Waals surface area contributed by atoms with E-state index in [1.54, 1.807) is 12.1 Å². The number of benzene rings is 2. The van der Waals surface area contributed by atoms with Gasteiger partial charge in [-0.3, -0.25) is 9.59 Å². The number of aromatic nitrogens is 1. The van der Waals surface area contributed by atoms with Crippen LogP contribution in [0, 0.1) is 0 Å². The second-order valence-electron chi connectivity index (χ2n) is 6.27. The first-order valence-corrected chi connectivity index (χ1v) is 8.67. The van der Waals surface area contributed by atoms with E-state index >= 15 is 0 Å². The van der Waals surface area contributed by atoms with Crippen molar-refractivity contribution in [3.05, 3.63) is 82.8 Å². The Morgan fingerprint density at radius 1 is 1.03 bits per heavy atom. The van der Waals surface area contributed by atoms with Gasteiger partial charge in [-0.1, -0.05) is 42.5 Å². The number of carbonyl (C=O) groups excluding carboxylic acids is 1. The van der Waals surface area contributed by atoms with E-state index in [4.69, 9.17) is 4.74 Å². The lowest BCUT2D eigenvalue weighted by Gasteiger charge is -2.15. The fraction of sp³-hybridized carbons (Fsp3) is 0.143. The third-order valence-electron chi connectivity index (χ3n) is 4.13. The molecule has 3 rings (SSSR count). The summed E-state index contributed by atoms with van der Waals surface area (Å²) in [4.78, 5) is 25.9. The first-order valence-electron chi connectivity index (χ1n) is 8.67. The van der Waals surface area contributed by atoms with E-state index in [1.165, 1.54) is 6.92 Å². The molecule has 1 unspecified atom stereocenters. The van der Waals surface area contributed by atoms with Gasteiger partial charge in [0.2, 0.25) is 0 Å². The zero-order valence-corrected chi connectivity index (χ0v) is 15.3. The lowest BCUT2D eigenvalue weighted by Crippen LogP contribution is -2.32. The summed E-state index contributed by atoms with van der Waals surface area (Å²) < 4.78 is 43.9. The molecule has 0 radical (unpaired) electrons. The summed E-state index contributed by atoms with van der Waals surface area (Å²) in [6.45, 7) is 1.43. The van der Waals surface area contributed by atoms with Crippen LogP contribution in [0.3, 0.4) is 0 Å². The van der Waals surface area contributed by atoms with Crippen LogP contribution in [0.4, 0.5) is 18.9 Å². The molecule has 0 fully saturated rings. The molecular weight excluding hydrogens is 385 g/mol. The maximum absolute atomic E-state index is 12.8. The molecule has 0 saturated carbocycles. The number of carbonyl (C=O) groups is 1. The van der Waals surface area contributed by atoms with Crippen LogP contribution >= 0.6 is 0 Å². The average Bonchev–Trinajstić information content (AvgIpc) is 2.70. The smallest absolute Gasteiger partial charge is 0.417 e. The Morgan fingerprint density at radius 3 is 2.28 bits per heavy atom. The first kappa shape index (κ1) is 20.2. The van der Waals surface area contributed by atoms with E-state index in [1.807, 2.05) is 47.4 Å². The number of amides is 1. The average molecular weight is 402 g/mol. The lowest BCUT2D eigenvalue weighted by atomic mass is 10.1. The van der Waals surface area contributed by atoms with E-state index in [0.29, 0.717) is 18.0 Å². The number of nitrogens with one attached hydrogen (secondary N) is 2. The second kappa shape index (κ2) is 8.22. The van der Waals surface area contributed by atoms with Gasteiger partial charge >= 0.3 is 6.18 Å². The number of rotatable bonds is 5. The van der Waals surface area contributed by atoms with Gasteiger partial charge in [-0.05, 0) is 36.2 Å². The Hall–Kier alpha value is -3.55. The SMILES string of the molecule is CC(Oc1ccc(-c2ccccc2)cc1)C(=O)Nc1cc(C(F)(F)F)c[nH]c1=O. The van der Waals surface area contributed by atoms with Crippen molar-refractivity contribution in [3.8, 4) is 16.9 Å². The van der Waals surface area contributed by atoms with Crippen LogP contribution in [0.25, 0.3) is 11.1 Å². The minimum Gasteiger partial charge on any atom is -0.481 e. The molecule has 1 atom stereocenters. The summed E-state index contributed by atoms with van der Waals surface area (Å²) in [5, 5.41) is 2.17. The molecule has 2 aromatic carbocycles. The van der Waals surface area contributed by atoms with Crippen molar-refractivity contribution in [1.82, 2.24) is 4.98 Å². The van der Waals surface area contributed by atoms with Gasteiger partial charge in [0.1, 0.15) is 11.4 Å². The molecule has 3 aromatic rings. The highest BCUT2D eigenvalue weighted by atomic mass is 19.4. The molecule has 150 valence electrons. The maximum atomic E-state index is 12.8. The second-order valence-corrected chi connectivity index (χ2v) is 6.27. The van der Waals surface area contributed by atoms with Crippen LogP contribution in [-0.4, -0.2) is 17.0 Å². The van der Waals surface area contributed by atoms with Gasteiger partial charge < -0.3 is 15.0 Å². The van der Waals surface area contributed by atoms with E-state index in [2.05, 4.69) is 5.32 Å². The zero-order valence-electron chi connectivity index (χ0n) is 15.3. The van der Waals surface area contributed by atoms with Gasteiger partial charge in [0.05, 0.1) is 5.56 Å². The molecule has 0 saturated heterocycles. The van der Waals surface area contributed by atoms with E-state index in [0.717, 1.165) is 11.1 Å². The Bertz CT molecular complexity index is 1050. The monoisotopic (exact) mass is 402 g/mol. The molecule has 2 N–H and O–H groups in total. The van der Waals surface area contributed by atoms with Gasteiger partial charge in [-0.25, -0.2) is 0 Å². The number of aromatic amines is 1. The molecule has 1 amide bonds. The van der Waals surface area contributed by atoms with Crippen molar-refractivity contribution < 1.29 is 22.7 Å². The minimum absolute atomic E-state index is 0.408. The Kier molecular flexibility index (Phi) is 5.72. The van der Waals surface area contributed by atoms with Crippen molar-refractivity contribution in [2.24, 2.45) is 0 Å². The van der Waals surface area contributed by atoms with E-state index < -0.39 is 35.0 Å². The molecule has 0 aliphatic heterocycles. The summed E-state index contributed by atoms with van der Waals surface area (Å²) in [6.07, 6.45) is -5.13. The maximum Gasteiger partial charge on any atom is 0.417 e. The van der Waals surface area contributed by atoms with Crippen LogP contribution < -0.4 is 15.6 Å². The predicted molar refractivity (Wildman–Crippen MR) is 103 cm³/mol. The van der Waals surface area contributed by atoms with Gasteiger partial charge in [-0.2, -0.15) is 13.2 Å². The molecule has 8 heteroatoms. The Labute approximate surface area is 164 Å². The number of pyridine rings is 1. The number of hydrogen-bond donors (Lipinski definition) is 2. The van der Waals surface area contributed by atoms with Crippen LogP contribution in [0.2, 0.25) is 0 Å². The van der Waals surface area contributed by atoms with Gasteiger partial charge in [0.25, 0.3) is 11.5 Å². The third kappa shape index (κ3) is 5.04. The first-order chi connectivity index (χ1) is 13.7.